The van der Waals surface area contributed by atoms with Gasteiger partial charge in [0.05, 0.1) is 10.0 Å². The van der Waals surface area contributed by atoms with Crippen LogP contribution in [0.3, 0.4) is 0 Å². The predicted octanol–water partition coefficient (Wildman–Crippen LogP) is 2.93. The molecule has 2 aromatic heterocycles. The van der Waals surface area contributed by atoms with Crippen molar-refractivity contribution >= 4 is 23.2 Å². The second-order valence-electron chi connectivity index (χ2n) is 3.96. The molecule has 0 atom stereocenters. The van der Waals surface area contributed by atoms with Gasteiger partial charge in [0, 0.05) is 5.56 Å². The van der Waals surface area contributed by atoms with Crippen molar-refractivity contribution in [1.82, 2.24) is 20.1 Å². The van der Waals surface area contributed by atoms with E-state index in [1.165, 1.54) is 12.1 Å². The molecule has 3 aromatic rings. The highest BCUT2D eigenvalue weighted by Crippen LogP contribution is 2.30. The van der Waals surface area contributed by atoms with Crippen molar-refractivity contribution in [3.63, 3.8) is 0 Å². The number of hydrogen-bond acceptors (Lipinski definition) is 5. The van der Waals surface area contributed by atoms with Crippen molar-refractivity contribution in [2.24, 2.45) is 0 Å². The molecule has 0 spiro atoms. The highest BCUT2D eigenvalue weighted by atomic mass is 35.5. The normalized spacial score (nSPS) is 10.8. The van der Waals surface area contributed by atoms with Gasteiger partial charge in [0.25, 0.3) is 0 Å². The fraction of sp³-hybridized carbons (Fsp3) is 0. The summed E-state index contributed by atoms with van der Waals surface area (Å²) in [5.41, 5.74) is 0.232. The van der Waals surface area contributed by atoms with E-state index >= 15 is 0 Å². The summed E-state index contributed by atoms with van der Waals surface area (Å²) >= 11 is 11.7. The maximum atomic E-state index is 14.5. The molecule has 0 radical (unpaired) electrons. The number of aromatic nitrogens is 4. The van der Waals surface area contributed by atoms with Crippen molar-refractivity contribution < 1.29 is 8.91 Å². The molecule has 0 aliphatic carbocycles. The number of nitrogens with zero attached hydrogens (tertiary/aromatic N) is 3. The average molecular weight is 327 g/mol. The summed E-state index contributed by atoms with van der Waals surface area (Å²) in [6.07, 6.45) is 1.14. The van der Waals surface area contributed by atoms with Gasteiger partial charge in [0.1, 0.15) is 17.7 Å². The van der Waals surface area contributed by atoms with Crippen LogP contribution in [0.1, 0.15) is 0 Å². The lowest BCUT2D eigenvalue weighted by Crippen LogP contribution is -2.00. The van der Waals surface area contributed by atoms with E-state index in [0.29, 0.717) is 10.6 Å². The first kappa shape index (κ1) is 13.7. The molecule has 0 saturated heterocycles. The minimum atomic E-state index is -0.806. The second-order valence-corrected chi connectivity index (χ2v) is 4.77. The first-order valence-corrected chi connectivity index (χ1v) is 6.34. The Kier molecular flexibility index (Phi) is 3.44. The molecule has 0 aliphatic rings. The van der Waals surface area contributed by atoms with Gasteiger partial charge < -0.3 is 0 Å². The zero-order valence-electron chi connectivity index (χ0n) is 10.1. The van der Waals surface area contributed by atoms with Gasteiger partial charge in [0.2, 0.25) is 5.82 Å². The van der Waals surface area contributed by atoms with Crippen LogP contribution in [0.5, 0.6) is 0 Å². The number of H-pyrrole nitrogens is 1. The molecule has 21 heavy (non-hydrogen) atoms. The Balaban J connectivity index is 2.16. The van der Waals surface area contributed by atoms with Crippen molar-refractivity contribution in [2.75, 3.05) is 0 Å². The molecule has 0 aliphatic heterocycles. The lowest BCUT2D eigenvalue weighted by Gasteiger charge is -2.05. The summed E-state index contributed by atoms with van der Waals surface area (Å²) in [7, 11) is 0. The Bertz CT molecular complexity index is 878. The average Bonchev–Trinajstić information content (AvgIpc) is 2.89. The van der Waals surface area contributed by atoms with E-state index in [2.05, 4.69) is 24.6 Å². The standard InChI is InChI=1S/C12H5Cl2FN4O2/c13-6-2-1-5(3-7(6)14)9-8(15)10(17-4-16-9)11-18-12(20)21-19-11/h1-4H,(H,18,19,20). The third-order valence-electron chi connectivity index (χ3n) is 2.65. The van der Waals surface area contributed by atoms with E-state index in [1.807, 2.05) is 0 Å². The lowest BCUT2D eigenvalue weighted by molar-refractivity contribution is 0.387. The van der Waals surface area contributed by atoms with Crippen molar-refractivity contribution in [2.45, 2.75) is 0 Å². The third-order valence-corrected chi connectivity index (χ3v) is 3.39. The molecule has 0 amide bonds. The van der Waals surface area contributed by atoms with Crippen molar-refractivity contribution in [3.8, 4) is 22.8 Å². The molecule has 1 N–H and O–H groups in total. The van der Waals surface area contributed by atoms with Crippen molar-refractivity contribution in [1.29, 1.82) is 0 Å². The van der Waals surface area contributed by atoms with Gasteiger partial charge in [-0.15, -0.1) is 0 Å². The number of rotatable bonds is 2. The van der Waals surface area contributed by atoms with E-state index in [4.69, 9.17) is 23.2 Å². The smallest absolute Gasteiger partial charge is 0.296 e. The summed E-state index contributed by atoms with van der Waals surface area (Å²) < 4.78 is 18.8. The topological polar surface area (TPSA) is 84.7 Å². The monoisotopic (exact) mass is 326 g/mol. The molecule has 0 unspecified atom stereocenters. The van der Waals surface area contributed by atoms with Gasteiger partial charge in [-0.2, -0.15) is 0 Å². The number of hydrogen-bond donors (Lipinski definition) is 1. The van der Waals surface area contributed by atoms with E-state index in [-0.39, 0.29) is 22.2 Å². The Morgan fingerprint density at radius 3 is 2.57 bits per heavy atom. The molecular weight excluding hydrogens is 322 g/mol. The molecule has 106 valence electrons. The molecule has 0 saturated carbocycles. The molecule has 0 bridgehead atoms. The van der Waals surface area contributed by atoms with Crippen LogP contribution < -0.4 is 5.76 Å². The van der Waals surface area contributed by atoms with Gasteiger partial charge in [0.15, 0.2) is 5.82 Å². The van der Waals surface area contributed by atoms with Crippen LogP contribution in [-0.2, 0) is 0 Å². The quantitative estimate of drug-likeness (QED) is 0.782. The van der Waals surface area contributed by atoms with E-state index in [0.717, 1.165) is 6.33 Å². The Morgan fingerprint density at radius 1 is 1.14 bits per heavy atom. The predicted molar refractivity (Wildman–Crippen MR) is 73.6 cm³/mol. The largest absolute Gasteiger partial charge is 0.439 e. The summed E-state index contributed by atoms with van der Waals surface area (Å²) in [6, 6.07) is 4.57. The highest BCUT2D eigenvalue weighted by Gasteiger charge is 2.18. The number of halogens is 3. The summed E-state index contributed by atoms with van der Waals surface area (Å²) in [4.78, 5) is 20.8. The highest BCUT2D eigenvalue weighted by molar-refractivity contribution is 6.42. The molecule has 3 rings (SSSR count). The Labute approximate surface area is 126 Å². The minimum absolute atomic E-state index is 0.00224. The van der Waals surface area contributed by atoms with E-state index in [1.54, 1.807) is 6.07 Å². The van der Waals surface area contributed by atoms with Crippen molar-refractivity contribution in [3.05, 3.63) is 50.9 Å². The lowest BCUT2D eigenvalue weighted by atomic mass is 10.1. The molecule has 9 heteroatoms. The maximum absolute atomic E-state index is 14.5. The zero-order valence-corrected chi connectivity index (χ0v) is 11.6. The van der Waals surface area contributed by atoms with Gasteiger partial charge in [-0.05, 0) is 12.1 Å². The Morgan fingerprint density at radius 2 is 1.90 bits per heavy atom. The number of nitrogens with one attached hydrogen (secondary N) is 1. The van der Waals surface area contributed by atoms with E-state index in [9.17, 15) is 9.18 Å². The van der Waals surface area contributed by atoms with Crippen LogP contribution in [-0.4, -0.2) is 20.1 Å². The molecule has 0 fully saturated rings. The van der Waals surface area contributed by atoms with Gasteiger partial charge in [-0.25, -0.2) is 19.2 Å². The van der Waals surface area contributed by atoms with Crippen LogP contribution in [0.15, 0.2) is 33.8 Å². The second kappa shape index (κ2) is 5.27. The minimum Gasteiger partial charge on any atom is -0.296 e. The first-order chi connectivity index (χ1) is 10.1. The molecule has 2 heterocycles. The third kappa shape index (κ3) is 2.53. The fourth-order valence-corrected chi connectivity index (χ4v) is 2.01. The maximum Gasteiger partial charge on any atom is 0.439 e. The van der Waals surface area contributed by atoms with Crippen LogP contribution in [0.4, 0.5) is 4.39 Å². The fourth-order valence-electron chi connectivity index (χ4n) is 1.71. The van der Waals surface area contributed by atoms with Gasteiger partial charge in [-0.1, -0.05) is 34.4 Å². The summed E-state index contributed by atoms with van der Waals surface area (Å²) in [5.74, 6) is -1.69. The molecular formula is C12H5Cl2FN4O2. The van der Waals surface area contributed by atoms with Crippen LogP contribution >= 0.6 is 23.2 Å². The van der Waals surface area contributed by atoms with Crippen LogP contribution in [0, 0.1) is 5.82 Å². The zero-order chi connectivity index (χ0) is 15.0. The van der Waals surface area contributed by atoms with Gasteiger partial charge in [-0.3, -0.25) is 9.51 Å². The number of benzene rings is 1. The Hall–Kier alpha value is -2.25. The summed E-state index contributed by atoms with van der Waals surface area (Å²) in [6.45, 7) is 0. The van der Waals surface area contributed by atoms with Crippen LogP contribution in [0.25, 0.3) is 22.8 Å². The van der Waals surface area contributed by atoms with Gasteiger partial charge >= 0.3 is 5.76 Å². The van der Waals surface area contributed by atoms with Crippen LogP contribution in [0.2, 0.25) is 10.0 Å². The SMILES string of the molecule is O=c1[nH]c(-c2ncnc(-c3ccc(Cl)c(Cl)c3)c2F)no1. The van der Waals surface area contributed by atoms with E-state index < -0.39 is 11.6 Å². The summed E-state index contributed by atoms with van der Waals surface area (Å²) in [5, 5.41) is 4.00. The molecule has 1 aromatic carbocycles. The first-order valence-electron chi connectivity index (χ1n) is 5.58. The molecule has 6 nitrogen and oxygen atoms in total. The number of aromatic amines is 1.